The molecular formula is CF3O. The molecule has 1 nitrogen and oxygen atoms in total. The molecule has 0 atom stereocenters. The lowest BCUT2D eigenvalue weighted by Crippen LogP contribution is -1.49. The Hall–Kier alpha value is -0.250. The summed E-state index contributed by atoms with van der Waals surface area (Å²) in [7, 11) is 0. The summed E-state index contributed by atoms with van der Waals surface area (Å²) < 4.78 is 28.8. The summed E-state index contributed by atoms with van der Waals surface area (Å²) in [4.78, 5) is 0. The summed E-state index contributed by atoms with van der Waals surface area (Å²) in [6.45, 7) is -3.08. The largest absolute Gasteiger partial charge is 0.487 e. The van der Waals surface area contributed by atoms with Gasteiger partial charge in [-0.1, -0.05) is 0 Å². The van der Waals surface area contributed by atoms with Crippen LogP contribution >= 0.6 is 0 Å². The Kier molecular flexibility index (Phi) is 6.62. The first kappa shape index (κ1) is 8.83. The van der Waals surface area contributed by atoms with E-state index in [1.165, 1.54) is 0 Å². The lowest BCUT2D eigenvalue weighted by atomic mass is 11.6. The van der Waals surface area contributed by atoms with Gasteiger partial charge in [-0.05, 0) is 0 Å². The molecular weight excluding hydrogens is 85.0 g/mol. The Balaban J connectivity index is 0. The third kappa shape index (κ3) is 184. The van der Waals surface area contributed by atoms with Gasteiger partial charge in [-0.3, -0.25) is 0 Å². The van der Waals surface area contributed by atoms with Crippen molar-refractivity contribution in [2.45, 2.75) is 0 Å². The monoisotopic (exact) mass is 85.0 g/mol. The van der Waals surface area contributed by atoms with Crippen LogP contribution in [0.1, 0.15) is 0 Å². The third-order valence-corrected chi connectivity index (χ3v) is 0. The molecule has 5 heavy (non-hydrogen) atoms. The summed E-state index contributed by atoms with van der Waals surface area (Å²) in [6, 6.07) is 0. The molecule has 0 aliphatic carbocycles. The molecule has 0 N–H and O–H groups in total. The van der Waals surface area contributed by atoms with Gasteiger partial charge in [0, 0.05) is 5.48 Å². The van der Waals surface area contributed by atoms with Crippen molar-refractivity contribution in [2.24, 2.45) is 0 Å². The molecule has 0 aromatic heterocycles. The summed E-state index contributed by atoms with van der Waals surface area (Å²) >= 11 is 0. The van der Waals surface area contributed by atoms with Crippen LogP contribution in [0.15, 0.2) is 0 Å². The predicted molar refractivity (Wildman–Crippen MR) is 7.25 cm³/mol. The average Bonchev–Trinajstić information content (AvgIpc) is 0.811. The van der Waals surface area contributed by atoms with E-state index in [1.54, 1.807) is 0 Å². The fraction of sp³-hybridized carbons (Fsp3) is 0. The van der Waals surface area contributed by atoms with Crippen LogP contribution in [0.5, 0.6) is 0 Å². The maximum absolute atomic E-state index is 9.58. The Morgan fingerprint density at radius 1 is 1.00 bits per heavy atom. The molecule has 0 aliphatic heterocycles. The molecule has 0 fully saturated rings. The summed E-state index contributed by atoms with van der Waals surface area (Å²) in [6.07, 6.45) is 0. The van der Waals surface area contributed by atoms with Crippen LogP contribution in [0.2, 0.25) is 0 Å². The van der Waals surface area contributed by atoms with Gasteiger partial charge in [0.25, 0.3) is 0 Å². The fourth-order valence-electron chi connectivity index (χ4n) is 0. The van der Waals surface area contributed by atoms with E-state index < -0.39 is 6.68 Å². The van der Waals surface area contributed by atoms with Gasteiger partial charge in [-0.25, -0.2) is 0 Å². The molecule has 0 aliphatic rings. The molecule has 0 saturated carbocycles. The first-order valence-electron chi connectivity index (χ1n) is 0.567. The molecule has 4 heteroatoms. The highest BCUT2D eigenvalue weighted by Crippen LogP contribution is 1.99. The first-order chi connectivity index (χ1) is 1.73. The van der Waals surface area contributed by atoms with Gasteiger partial charge in [0.15, 0.2) is 0 Å². The minimum absolute atomic E-state index is 0. The number of hydrogen-bond donors (Lipinski definition) is 0. The molecule has 0 amide bonds. The molecule has 0 rings (SSSR count). The number of hydrogen-bond acceptors (Lipinski definition) is 0. The maximum atomic E-state index is 9.58. The second-order valence-electron chi connectivity index (χ2n) is 0.214. The van der Waals surface area contributed by atoms with E-state index >= 15 is 0 Å². The van der Waals surface area contributed by atoms with Gasteiger partial charge >= 0.3 is 6.68 Å². The zero-order valence-electron chi connectivity index (χ0n) is 2.04. The molecule has 0 bridgehead atoms. The van der Waals surface area contributed by atoms with E-state index in [9.17, 15) is 13.2 Å². The van der Waals surface area contributed by atoms with Crippen LogP contribution < -0.4 is 0 Å². The van der Waals surface area contributed by atoms with Gasteiger partial charge in [0.05, 0.1) is 0 Å². The van der Waals surface area contributed by atoms with Crippen LogP contribution in [-0.2, 0) is 5.48 Å². The van der Waals surface area contributed by atoms with Gasteiger partial charge < -0.3 is 0 Å². The Bertz CT molecular complexity index is 11.6. The van der Waals surface area contributed by atoms with Crippen LogP contribution in [0.3, 0.4) is 0 Å². The van der Waals surface area contributed by atoms with E-state index in [-0.39, 0.29) is 5.48 Å². The van der Waals surface area contributed by atoms with E-state index in [2.05, 4.69) is 0 Å². The molecule has 0 saturated heterocycles. The highest BCUT2D eigenvalue weighted by molar-refractivity contribution is 4.21. The van der Waals surface area contributed by atoms with Crippen molar-refractivity contribution in [3.05, 3.63) is 6.68 Å². The van der Waals surface area contributed by atoms with Gasteiger partial charge in [0.2, 0.25) is 0 Å². The highest BCUT2D eigenvalue weighted by atomic mass is 19.4. The van der Waals surface area contributed by atoms with E-state index in [4.69, 9.17) is 0 Å². The standard InChI is InChI=1S/CF3.O/c2-1(3)4;. The van der Waals surface area contributed by atoms with E-state index in [0.717, 1.165) is 0 Å². The summed E-state index contributed by atoms with van der Waals surface area (Å²) in [5.41, 5.74) is 0. The number of rotatable bonds is 0. The lowest BCUT2D eigenvalue weighted by molar-refractivity contribution is 0.142. The Morgan fingerprint density at radius 3 is 1.00 bits per heavy atom. The van der Waals surface area contributed by atoms with E-state index in [0.29, 0.717) is 0 Å². The van der Waals surface area contributed by atoms with Crippen LogP contribution in [-0.4, -0.2) is 0 Å². The second-order valence-corrected chi connectivity index (χ2v) is 0.214. The number of halogens is 3. The summed E-state index contributed by atoms with van der Waals surface area (Å²) in [5.74, 6) is 0. The highest BCUT2D eigenvalue weighted by Gasteiger charge is 1.93. The first-order valence-corrected chi connectivity index (χ1v) is 0.567. The molecule has 0 aromatic carbocycles. The summed E-state index contributed by atoms with van der Waals surface area (Å²) in [5, 5.41) is 0. The van der Waals surface area contributed by atoms with Crippen molar-refractivity contribution in [3.8, 4) is 0 Å². The van der Waals surface area contributed by atoms with Crippen LogP contribution in [0.4, 0.5) is 13.2 Å². The predicted octanol–water partition coefficient (Wildman–Crippen LogP) is 1.22. The molecule has 0 heterocycles. The Morgan fingerprint density at radius 2 is 1.00 bits per heavy atom. The molecule has 0 spiro atoms. The molecule has 3 radical (unpaired) electrons. The minimum Gasteiger partial charge on any atom is -0.162 e. The Labute approximate surface area is 26.7 Å². The van der Waals surface area contributed by atoms with Crippen LogP contribution in [0, 0.1) is 6.68 Å². The van der Waals surface area contributed by atoms with Crippen molar-refractivity contribution < 1.29 is 18.6 Å². The van der Waals surface area contributed by atoms with Gasteiger partial charge in [-0.15, -0.1) is 0 Å². The van der Waals surface area contributed by atoms with Crippen LogP contribution in [0.25, 0.3) is 0 Å². The average molecular weight is 85.0 g/mol. The van der Waals surface area contributed by atoms with Crippen molar-refractivity contribution >= 4 is 0 Å². The van der Waals surface area contributed by atoms with Crippen molar-refractivity contribution in [3.63, 3.8) is 0 Å². The topological polar surface area (TPSA) is 28.5 Å². The quantitative estimate of drug-likeness (QED) is 0.423. The van der Waals surface area contributed by atoms with E-state index in [1.807, 2.05) is 0 Å². The van der Waals surface area contributed by atoms with Gasteiger partial charge in [0.1, 0.15) is 0 Å². The SMILES string of the molecule is F[C](F)F.[O]. The van der Waals surface area contributed by atoms with Crippen molar-refractivity contribution in [2.75, 3.05) is 0 Å². The fourth-order valence-corrected chi connectivity index (χ4v) is 0. The zero-order valence-corrected chi connectivity index (χ0v) is 2.04. The maximum Gasteiger partial charge on any atom is 0.487 e. The molecule has 0 aromatic rings. The zero-order chi connectivity index (χ0) is 3.58. The van der Waals surface area contributed by atoms with Crippen molar-refractivity contribution in [1.82, 2.24) is 0 Å². The normalized spacial score (nSPS) is 7.20. The minimum atomic E-state index is -3.08. The smallest absolute Gasteiger partial charge is 0.162 e. The van der Waals surface area contributed by atoms with Gasteiger partial charge in [-0.2, -0.15) is 13.2 Å². The third-order valence-electron chi connectivity index (χ3n) is 0. The second kappa shape index (κ2) is 3.75. The molecule has 0 unspecified atom stereocenters. The van der Waals surface area contributed by atoms with Crippen molar-refractivity contribution in [1.29, 1.82) is 0 Å². The molecule has 31 valence electrons. The lowest BCUT2D eigenvalue weighted by Gasteiger charge is -1.60.